The van der Waals surface area contributed by atoms with Gasteiger partial charge in [-0.3, -0.25) is 4.79 Å². The van der Waals surface area contributed by atoms with Crippen molar-refractivity contribution < 1.29 is 14.6 Å². The first-order valence-electron chi connectivity index (χ1n) is 6.92. The van der Waals surface area contributed by atoms with Crippen LogP contribution in [0.1, 0.15) is 36.0 Å². The van der Waals surface area contributed by atoms with Crippen molar-refractivity contribution in [1.29, 1.82) is 0 Å². The van der Waals surface area contributed by atoms with Crippen molar-refractivity contribution in [3.05, 3.63) is 23.8 Å². The maximum absolute atomic E-state index is 12.7. The third kappa shape index (κ3) is 3.08. The highest BCUT2D eigenvalue weighted by Crippen LogP contribution is 2.31. The number of rotatable bonds is 3. The molecular formula is C15H20BrNO3. The molecule has 1 aromatic carbocycles. The molecule has 1 atom stereocenters. The molecule has 20 heavy (non-hydrogen) atoms. The lowest BCUT2D eigenvalue weighted by Crippen LogP contribution is -2.41. The quantitative estimate of drug-likeness (QED) is 0.859. The number of phenolic OH excluding ortho intramolecular Hbond substituents is 1. The van der Waals surface area contributed by atoms with Gasteiger partial charge in [0, 0.05) is 17.9 Å². The monoisotopic (exact) mass is 341 g/mol. The maximum atomic E-state index is 12.7. The summed E-state index contributed by atoms with van der Waals surface area (Å²) in [5, 5.41) is 10.9. The van der Waals surface area contributed by atoms with Crippen LogP contribution in [0, 0.1) is 0 Å². The number of likely N-dealkylation sites (tertiary alicyclic amines) is 1. The van der Waals surface area contributed by atoms with Crippen LogP contribution >= 0.6 is 15.9 Å². The topological polar surface area (TPSA) is 49.8 Å². The van der Waals surface area contributed by atoms with Gasteiger partial charge in [-0.15, -0.1) is 0 Å². The normalized spacial score (nSPS) is 19.5. The summed E-state index contributed by atoms with van der Waals surface area (Å²) in [6, 6.07) is 5.22. The summed E-state index contributed by atoms with van der Waals surface area (Å²) in [5.41, 5.74) is 0.317. The van der Waals surface area contributed by atoms with Gasteiger partial charge in [-0.05, 0) is 25.0 Å². The summed E-state index contributed by atoms with van der Waals surface area (Å²) in [7, 11) is 1.48. The molecular weight excluding hydrogens is 322 g/mol. The number of ether oxygens (including phenoxy) is 1. The average molecular weight is 342 g/mol. The first kappa shape index (κ1) is 15.2. The standard InChI is InChI=1S/C15H20BrNO3/c1-20-13-8-5-7-12(14(13)18)15(19)17-9-4-2-3-6-11(17)10-16/h5,7-8,11,18H,2-4,6,9-10H2,1H3. The van der Waals surface area contributed by atoms with E-state index in [1.54, 1.807) is 18.2 Å². The Morgan fingerprint density at radius 3 is 2.95 bits per heavy atom. The van der Waals surface area contributed by atoms with E-state index in [9.17, 15) is 9.90 Å². The molecule has 1 N–H and O–H groups in total. The van der Waals surface area contributed by atoms with Crippen LogP contribution in [0.4, 0.5) is 0 Å². The van der Waals surface area contributed by atoms with Gasteiger partial charge in [-0.1, -0.05) is 34.8 Å². The SMILES string of the molecule is COc1cccc(C(=O)N2CCCCCC2CBr)c1O. The first-order valence-corrected chi connectivity index (χ1v) is 8.04. The Morgan fingerprint density at radius 1 is 1.45 bits per heavy atom. The number of nitrogens with zero attached hydrogens (tertiary/aromatic N) is 1. The van der Waals surface area contributed by atoms with Crippen LogP contribution < -0.4 is 4.74 Å². The van der Waals surface area contributed by atoms with Crippen LogP contribution in [0.25, 0.3) is 0 Å². The number of carbonyl (C=O) groups is 1. The molecule has 0 aromatic heterocycles. The zero-order valence-corrected chi connectivity index (χ0v) is 13.2. The van der Waals surface area contributed by atoms with E-state index < -0.39 is 0 Å². The molecule has 1 aliphatic heterocycles. The van der Waals surface area contributed by atoms with Crippen LogP contribution in [-0.2, 0) is 0 Å². The van der Waals surface area contributed by atoms with Gasteiger partial charge in [-0.2, -0.15) is 0 Å². The van der Waals surface area contributed by atoms with Crippen molar-refractivity contribution in [2.24, 2.45) is 0 Å². The van der Waals surface area contributed by atoms with Crippen molar-refractivity contribution in [2.45, 2.75) is 31.7 Å². The molecule has 110 valence electrons. The Kier molecular flexibility index (Phi) is 5.29. The van der Waals surface area contributed by atoms with Gasteiger partial charge in [0.25, 0.3) is 5.91 Å². The van der Waals surface area contributed by atoms with Crippen LogP contribution in [0.3, 0.4) is 0 Å². The molecule has 2 rings (SSSR count). The highest BCUT2D eigenvalue weighted by Gasteiger charge is 2.27. The maximum Gasteiger partial charge on any atom is 0.258 e. The summed E-state index contributed by atoms with van der Waals surface area (Å²) < 4.78 is 5.07. The number of alkyl halides is 1. The van der Waals surface area contributed by atoms with Crippen LogP contribution in [0.2, 0.25) is 0 Å². The largest absolute Gasteiger partial charge is 0.504 e. The van der Waals surface area contributed by atoms with Crippen LogP contribution in [0.15, 0.2) is 18.2 Å². The Bertz CT molecular complexity index is 478. The lowest BCUT2D eigenvalue weighted by molar-refractivity contribution is 0.0698. The molecule has 1 saturated heterocycles. The Labute approximate surface area is 127 Å². The van der Waals surface area contributed by atoms with E-state index in [-0.39, 0.29) is 17.7 Å². The summed E-state index contributed by atoms with van der Waals surface area (Å²) in [6.07, 6.45) is 4.31. The number of hydrogen-bond donors (Lipinski definition) is 1. The fourth-order valence-corrected chi connectivity index (χ4v) is 3.29. The minimum atomic E-state index is -0.118. The van der Waals surface area contributed by atoms with Crippen molar-refractivity contribution in [3.8, 4) is 11.5 Å². The fraction of sp³-hybridized carbons (Fsp3) is 0.533. The number of phenols is 1. The van der Waals surface area contributed by atoms with E-state index in [0.29, 0.717) is 11.3 Å². The van der Waals surface area contributed by atoms with Gasteiger partial charge in [-0.25, -0.2) is 0 Å². The third-order valence-corrected chi connectivity index (χ3v) is 4.51. The second kappa shape index (κ2) is 6.97. The lowest BCUT2D eigenvalue weighted by atomic mass is 10.1. The zero-order chi connectivity index (χ0) is 14.5. The van der Waals surface area contributed by atoms with E-state index in [0.717, 1.165) is 37.6 Å². The Balaban J connectivity index is 2.29. The molecule has 0 aliphatic carbocycles. The van der Waals surface area contributed by atoms with Crippen LogP contribution in [-0.4, -0.2) is 40.9 Å². The van der Waals surface area contributed by atoms with E-state index >= 15 is 0 Å². The first-order chi connectivity index (χ1) is 9.69. The van der Waals surface area contributed by atoms with E-state index in [4.69, 9.17) is 4.74 Å². The summed E-state index contributed by atoms with van der Waals surface area (Å²) in [5.74, 6) is 0.145. The number of para-hydroxylation sites is 1. The number of methoxy groups -OCH3 is 1. The van der Waals surface area contributed by atoms with E-state index in [2.05, 4.69) is 15.9 Å². The molecule has 1 heterocycles. The molecule has 1 unspecified atom stereocenters. The molecule has 1 fully saturated rings. The molecule has 4 nitrogen and oxygen atoms in total. The highest BCUT2D eigenvalue weighted by atomic mass is 79.9. The van der Waals surface area contributed by atoms with Gasteiger partial charge in [0.1, 0.15) is 0 Å². The number of halogens is 1. The molecule has 0 radical (unpaired) electrons. The minimum absolute atomic E-state index is 0.0717. The Hall–Kier alpha value is -1.23. The van der Waals surface area contributed by atoms with Crippen molar-refractivity contribution >= 4 is 21.8 Å². The summed E-state index contributed by atoms with van der Waals surface area (Å²) in [6.45, 7) is 0.742. The van der Waals surface area contributed by atoms with E-state index in [1.807, 2.05) is 4.90 Å². The number of amides is 1. The zero-order valence-electron chi connectivity index (χ0n) is 11.6. The highest BCUT2D eigenvalue weighted by molar-refractivity contribution is 9.09. The van der Waals surface area contributed by atoms with E-state index in [1.165, 1.54) is 7.11 Å². The van der Waals surface area contributed by atoms with Gasteiger partial charge in [0.05, 0.1) is 12.7 Å². The van der Waals surface area contributed by atoms with Gasteiger partial charge < -0.3 is 14.7 Å². The minimum Gasteiger partial charge on any atom is -0.504 e. The second-order valence-electron chi connectivity index (χ2n) is 5.01. The smallest absolute Gasteiger partial charge is 0.258 e. The number of hydrogen-bond acceptors (Lipinski definition) is 3. The molecule has 0 saturated carbocycles. The predicted octanol–water partition coefficient (Wildman–Crippen LogP) is 3.18. The van der Waals surface area contributed by atoms with Gasteiger partial charge in [0.15, 0.2) is 11.5 Å². The average Bonchev–Trinajstić information content (AvgIpc) is 2.72. The number of aromatic hydroxyl groups is 1. The molecule has 0 bridgehead atoms. The van der Waals surface area contributed by atoms with Gasteiger partial charge >= 0.3 is 0 Å². The third-order valence-electron chi connectivity index (χ3n) is 3.77. The van der Waals surface area contributed by atoms with Crippen molar-refractivity contribution in [1.82, 2.24) is 4.90 Å². The molecule has 1 amide bonds. The number of benzene rings is 1. The fourth-order valence-electron chi connectivity index (χ4n) is 2.62. The van der Waals surface area contributed by atoms with Crippen molar-refractivity contribution in [3.63, 3.8) is 0 Å². The Morgan fingerprint density at radius 2 is 2.25 bits per heavy atom. The lowest BCUT2D eigenvalue weighted by Gasteiger charge is -2.29. The molecule has 5 heteroatoms. The molecule has 0 spiro atoms. The summed E-state index contributed by atoms with van der Waals surface area (Å²) in [4.78, 5) is 14.6. The summed E-state index contributed by atoms with van der Waals surface area (Å²) >= 11 is 3.49. The van der Waals surface area contributed by atoms with Gasteiger partial charge in [0.2, 0.25) is 0 Å². The predicted molar refractivity (Wildman–Crippen MR) is 81.7 cm³/mol. The number of carbonyl (C=O) groups excluding carboxylic acids is 1. The molecule has 1 aromatic rings. The molecule has 1 aliphatic rings. The van der Waals surface area contributed by atoms with Crippen molar-refractivity contribution in [2.75, 3.05) is 19.0 Å². The second-order valence-corrected chi connectivity index (χ2v) is 5.66. The van der Waals surface area contributed by atoms with Crippen LogP contribution in [0.5, 0.6) is 11.5 Å².